The molecule has 1 aromatic heterocycles. The highest BCUT2D eigenvalue weighted by Crippen LogP contribution is 2.39. The van der Waals surface area contributed by atoms with Gasteiger partial charge < -0.3 is 4.98 Å². The first-order chi connectivity index (χ1) is 6.16. The molecule has 0 aromatic carbocycles. The van der Waals surface area contributed by atoms with Crippen LogP contribution in [0.1, 0.15) is 42.6 Å². The number of halogens is 1. The van der Waals surface area contributed by atoms with E-state index in [4.69, 9.17) is 23.8 Å². The summed E-state index contributed by atoms with van der Waals surface area (Å²) in [5, 5.41) is -0.0969. The summed E-state index contributed by atoms with van der Waals surface area (Å²) in [4.78, 5) is 7.41. The Hall–Kier alpha value is -0.410. The summed E-state index contributed by atoms with van der Waals surface area (Å²) in [7, 11) is 0. The predicted octanol–water partition coefficient (Wildman–Crippen LogP) is 3.32. The second-order valence-corrected chi connectivity index (χ2v) is 4.52. The van der Waals surface area contributed by atoms with Crippen LogP contribution in [-0.4, -0.2) is 9.97 Å². The molecule has 2 rings (SSSR count). The molecular formula is C9H11ClN2S. The van der Waals surface area contributed by atoms with Crippen molar-refractivity contribution in [3.8, 4) is 0 Å². The second kappa shape index (κ2) is 3.39. The summed E-state index contributed by atoms with van der Waals surface area (Å²) >= 11 is 11.0. The van der Waals surface area contributed by atoms with Crippen molar-refractivity contribution in [2.24, 2.45) is 0 Å². The molecule has 0 spiro atoms. The number of alkyl halides is 1. The minimum atomic E-state index is -0.0969. The van der Waals surface area contributed by atoms with Crippen LogP contribution < -0.4 is 0 Å². The van der Waals surface area contributed by atoms with Crippen molar-refractivity contribution >= 4 is 23.8 Å². The Morgan fingerprint density at radius 2 is 2.38 bits per heavy atom. The fraction of sp³-hybridized carbons (Fsp3) is 0.556. The molecule has 1 atom stereocenters. The average molecular weight is 215 g/mol. The number of rotatable bonds is 2. The van der Waals surface area contributed by atoms with Crippen LogP contribution in [0.5, 0.6) is 0 Å². The third kappa shape index (κ3) is 2.09. The molecule has 1 aromatic rings. The lowest BCUT2D eigenvalue weighted by Crippen LogP contribution is -1.99. The van der Waals surface area contributed by atoms with E-state index in [2.05, 4.69) is 9.97 Å². The fourth-order valence-electron chi connectivity index (χ4n) is 1.30. The Morgan fingerprint density at radius 3 is 2.92 bits per heavy atom. The van der Waals surface area contributed by atoms with Crippen molar-refractivity contribution in [2.45, 2.75) is 31.1 Å². The zero-order valence-corrected chi connectivity index (χ0v) is 8.95. The van der Waals surface area contributed by atoms with E-state index in [9.17, 15) is 0 Å². The summed E-state index contributed by atoms with van der Waals surface area (Å²) in [5.41, 5.74) is 1.20. The lowest BCUT2D eigenvalue weighted by atomic mass is 10.3. The molecule has 70 valence electrons. The molecule has 0 amide bonds. The molecule has 2 nitrogen and oxygen atoms in total. The lowest BCUT2D eigenvalue weighted by Gasteiger charge is -2.05. The van der Waals surface area contributed by atoms with Gasteiger partial charge in [0.05, 0.1) is 5.38 Å². The minimum Gasteiger partial charge on any atom is -0.346 e. The van der Waals surface area contributed by atoms with Crippen LogP contribution in [-0.2, 0) is 0 Å². The van der Waals surface area contributed by atoms with E-state index in [1.54, 1.807) is 0 Å². The van der Waals surface area contributed by atoms with Crippen molar-refractivity contribution in [3.05, 3.63) is 22.2 Å². The van der Waals surface area contributed by atoms with Gasteiger partial charge in [-0.2, -0.15) is 0 Å². The molecule has 13 heavy (non-hydrogen) atoms. The standard InChI is InChI=1S/C9H11ClN2S/c1-5(10)9-11-7(6-2-3-6)4-8(13)12-9/h4-6H,2-3H2,1H3,(H,11,12,13). The maximum Gasteiger partial charge on any atom is 0.130 e. The molecule has 1 saturated carbocycles. The molecule has 1 aliphatic rings. The first kappa shape index (κ1) is 9.16. The summed E-state index contributed by atoms with van der Waals surface area (Å²) in [6.07, 6.45) is 2.51. The Labute approximate surface area is 87.4 Å². The Balaban J connectivity index is 2.41. The number of nitrogens with one attached hydrogen (secondary N) is 1. The minimum absolute atomic E-state index is 0.0969. The van der Waals surface area contributed by atoms with Crippen LogP contribution in [0.25, 0.3) is 0 Å². The molecule has 0 bridgehead atoms. The molecule has 4 heteroatoms. The van der Waals surface area contributed by atoms with E-state index >= 15 is 0 Å². The van der Waals surface area contributed by atoms with E-state index in [1.807, 2.05) is 13.0 Å². The Kier molecular flexibility index (Phi) is 2.39. The third-order valence-corrected chi connectivity index (χ3v) is 2.59. The SMILES string of the molecule is CC(Cl)c1nc(=S)cc(C2CC2)[nH]1. The number of H-pyrrole nitrogens is 1. The smallest absolute Gasteiger partial charge is 0.130 e. The number of nitrogens with zero attached hydrogens (tertiary/aromatic N) is 1. The number of hydrogen-bond donors (Lipinski definition) is 1. The van der Waals surface area contributed by atoms with Gasteiger partial charge in [0.2, 0.25) is 0 Å². The van der Waals surface area contributed by atoms with E-state index < -0.39 is 0 Å². The maximum atomic E-state index is 5.93. The molecule has 1 unspecified atom stereocenters. The van der Waals surface area contributed by atoms with Crippen LogP contribution in [0.4, 0.5) is 0 Å². The number of hydrogen-bond acceptors (Lipinski definition) is 2. The highest BCUT2D eigenvalue weighted by molar-refractivity contribution is 7.71. The van der Waals surface area contributed by atoms with Gasteiger partial charge in [0, 0.05) is 5.69 Å². The average Bonchev–Trinajstić information content (AvgIpc) is 2.85. The number of aromatic nitrogens is 2. The highest BCUT2D eigenvalue weighted by atomic mass is 35.5. The zero-order valence-electron chi connectivity index (χ0n) is 7.38. The normalized spacial score (nSPS) is 18.6. The first-order valence-corrected chi connectivity index (χ1v) is 5.26. The quantitative estimate of drug-likeness (QED) is 0.605. The molecule has 0 aliphatic heterocycles. The van der Waals surface area contributed by atoms with E-state index in [0.717, 1.165) is 5.82 Å². The van der Waals surface area contributed by atoms with Crippen molar-refractivity contribution in [2.75, 3.05) is 0 Å². The van der Waals surface area contributed by atoms with E-state index in [1.165, 1.54) is 18.5 Å². The van der Waals surface area contributed by atoms with Crippen molar-refractivity contribution in [1.82, 2.24) is 9.97 Å². The van der Waals surface area contributed by atoms with E-state index in [0.29, 0.717) is 10.6 Å². The van der Waals surface area contributed by atoms with Crippen LogP contribution in [0.2, 0.25) is 0 Å². The van der Waals surface area contributed by atoms with Crippen LogP contribution in [0.3, 0.4) is 0 Å². The van der Waals surface area contributed by atoms with Gasteiger partial charge in [0.25, 0.3) is 0 Å². The Bertz CT molecular complexity index is 345. The summed E-state index contributed by atoms with van der Waals surface area (Å²) in [6, 6.07) is 1.94. The van der Waals surface area contributed by atoms with Gasteiger partial charge in [0.1, 0.15) is 10.5 Å². The van der Waals surface area contributed by atoms with E-state index in [-0.39, 0.29) is 5.38 Å². The number of aromatic amines is 1. The second-order valence-electron chi connectivity index (χ2n) is 3.45. The molecule has 1 heterocycles. The molecule has 1 fully saturated rings. The van der Waals surface area contributed by atoms with Gasteiger partial charge in [-0.05, 0) is 31.7 Å². The fourth-order valence-corrected chi connectivity index (χ4v) is 1.63. The van der Waals surface area contributed by atoms with Gasteiger partial charge in [-0.25, -0.2) is 4.98 Å². The van der Waals surface area contributed by atoms with Gasteiger partial charge >= 0.3 is 0 Å². The predicted molar refractivity (Wildman–Crippen MR) is 55.7 cm³/mol. The lowest BCUT2D eigenvalue weighted by molar-refractivity contribution is 0.857. The largest absolute Gasteiger partial charge is 0.346 e. The molecule has 0 radical (unpaired) electrons. The molecular weight excluding hydrogens is 204 g/mol. The summed E-state index contributed by atoms with van der Waals surface area (Å²) in [6.45, 7) is 1.89. The van der Waals surface area contributed by atoms with Crippen LogP contribution in [0, 0.1) is 4.64 Å². The maximum absolute atomic E-state index is 5.93. The van der Waals surface area contributed by atoms with Crippen molar-refractivity contribution in [3.63, 3.8) is 0 Å². The van der Waals surface area contributed by atoms with Gasteiger partial charge in [-0.3, -0.25) is 0 Å². The first-order valence-electron chi connectivity index (χ1n) is 4.42. The molecule has 1 aliphatic carbocycles. The van der Waals surface area contributed by atoms with Crippen molar-refractivity contribution in [1.29, 1.82) is 0 Å². The van der Waals surface area contributed by atoms with Crippen LogP contribution in [0.15, 0.2) is 6.07 Å². The highest BCUT2D eigenvalue weighted by Gasteiger charge is 2.24. The summed E-state index contributed by atoms with van der Waals surface area (Å²) in [5.74, 6) is 1.45. The molecule has 0 saturated heterocycles. The Morgan fingerprint density at radius 1 is 1.69 bits per heavy atom. The van der Waals surface area contributed by atoms with Crippen LogP contribution >= 0.6 is 23.8 Å². The monoisotopic (exact) mass is 214 g/mol. The van der Waals surface area contributed by atoms with Gasteiger partial charge in [0.15, 0.2) is 0 Å². The third-order valence-electron chi connectivity index (χ3n) is 2.18. The zero-order chi connectivity index (χ0) is 9.42. The summed E-state index contributed by atoms with van der Waals surface area (Å²) < 4.78 is 0.642. The molecule has 1 N–H and O–H groups in total. The van der Waals surface area contributed by atoms with Gasteiger partial charge in [-0.15, -0.1) is 11.6 Å². The van der Waals surface area contributed by atoms with Crippen molar-refractivity contribution < 1.29 is 0 Å². The van der Waals surface area contributed by atoms with Gasteiger partial charge in [-0.1, -0.05) is 12.2 Å². The topological polar surface area (TPSA) is 28.7 Å².